The summed E-state index contributed by atoms with van der Waals surface area (Å²) < 4.78 is 10.7. The van der Waals surface area contributed by atoms with Gasteiger partial charge in [-0.3, -0.25) is 0 Å². The van der Waals surface area contributed by atoms with E-state index in [9.17, 15) is 0 Å². The average Bonchev–Trinajstić information content (AvgIpc) is 2.72. The normalized spacial score (nSPS) is 13.0. The zero-order chi connectivity index (χ0) is 19.5. The lowest BCUT2D eigenvalue weighted by molar-refractivity contribution is 0.355. The molecule has 2 heterocycles. The van der Waals surface area contributed by atoms with E-state index >= 15 is 0 Å². The van der Waals surface area contributed by atoms with Gasteiger partial charge >= 0.3 is 0 Å². The van der Waals surface area contributed by atoms with Gasteiger partial charge in [-0.1, -0.05) is 18.2 Å². The number of para-hydroxylation sites is 1. The standard InChI is InChI=1S/C22H24N4O2/c1-15-13-21(26-12-6-8-16-7-4-5-9-18(16)26)25-22(23-15)24-17-10-11-19(27-2)20(14-17)28-3/h4-5,7,9-11,13-14H,6,8,12H2,1-3H3,(H,23,24,25). The minimum Gasteiger partial charge on any atom is -0.493 e. The third-order valence-corrected chi connectivity index (χ3v) is 4.87. The highest BCUT2D eigenvalue weighted by Gasteiger charge is 2.19. The Bertz CT molecular complexity index is 990. The van der Waals surface area contributed by atoms with Crippen molar-refractivity contribution < 1.29 is 9.47 Å². The summed E-state index contributed by atoms with van der Waals surface area (Å²) >= 11 is 0. The number of ether oxygens (including phenoxy) is 2. The van der Waals surface area contributed by atoms with Gasteiger partial charge in [0.15, 0.2) is 11.5 Å². The fourth-order valence-corrected chi connectivity index (χ4v) is 3.56. The molecule has 6 heteroatoms. The molecule has 4 rings (SSSR count). The van der Waals surface area contributed by atoms with Gasteiger partial charge < -0.3 is 19.7 Å². The number of hydrogen-bond acceptors (Lipinski definition) is 6. The van der Waals surface area contributed by atoms with Crippen LogP contribution in [-0.4, -0.2) is 30.7 Å². The smallest absolute Gasteiger partial charge is 0.229 e. The Morgan fingerprint density at radius 2 is 1.79 bits per heavy atom. The van der Waals surface area contributed by atoms with Gasteiger partial charge in [-0.15, -0.1) is 0 Å². The monoisotopic (exact) mass is 376 g/mol. The van der Waals surface area contributed by atoms with Crippen LogP contribution in [0.2, 0.25) is 0 Å². The van der Waals surface area contributed by atoms with Crippen molar-refractivity contribution in [3.8, 4) is 11.5 Å². The van der Waals surface area contributed by atoms with E-state index < -0.39 is 0 Å². The molecule has 2 aromatic carbocycles. The van der Waals surface area contributed by atoms with Crippen molar-refractivity contribution in [2.24, 2.45) is 0 Å². The molecule has 0 saturated carbocycles. The van der Waals surface area contributed by atoms with E-state index in [1.165, 1.54) is 11.3 Å². The van der Waals surface area contributed by atoms with Crippen LogP contribution in [0.25, 0.3) is 0 Å². The van der Waals surface area contributed by atoms with Gasteiger partial charge in [-0.05, 0) is 43.5 Å². The summed E-state index contributed by atoms with van der Waals surface area (Å²) in [6, 6.07) is 16.2. The molecule has 1 aromatic heterocycles. The summed E-state index contributed by atoms with van der Waals surface area (Å²) in [5.41, 5.74) is 4.34. The maximum atomic E-state index is 5.38. The Morgan fingerprint density at radius 1 is 0.964 bits per heavy atom. The predicted molar refractivity (Wildman–Crippen MR) is 111 cm³/mol. The van der Waals surface area contributed by atoms with Crippen LogP contribution in [0, 0.1) is 6.92 Å². The molecule has 0 saturated heterocycles. The molecule has 0 bridgehead atoms. The van der Waals surface area contributed by atoms with Crippen molar-refractivity contribution >= 4 is 23.1 Å². The Hall–Kier alpha value is -3.28. The second kappa shape index (κ2) is 7.76. The second-order valence-corrected chi connectivity index (χ2v) is 6.77. The summed E-state index contributed by atoms with van der Waals surface area (Å²) in [4.78, 5) is 11.6. The first kappa shape index (κ1) is 18.1. The van der Waals surface area contributed by atoms with Gasteiger partial charge in [0.2, 0.25) is 5.95 Å². The summed E-state index contributed by atoms with van der Waals surface area (Å²) in [6.07, 6.45) is 2.21. The van der Waals surface area contributed by atoms with Crippen LogP contribution in [0.4, 0.5) is 23.1 Å². The SMILES string of the molecule is COc1ccc(Nc2nc(C)cc(N3CCCc4ccccc43)n2)cc1OC. The van der Waals surface area contributed by atoms with Gasteiger partial charge in [0.25, 0.3) is 0 Å². The van der Waals surface area contributed by atoms with E-state index in [-0.39, 0.29) is 0 Å². The van der Waals surface area contributed by atoms with Crippen LogP contribution in [0.5, 0.6) is 11.5 Å². The lowest BCUT2D eigenvalue weighted by Gasteiger charge is -2.30. The average molecular weight is 376 g/mol. The van der Waals surface area contributed by atoms with Crippen molar-refractivity contribution in [1.29, 1.82) is 0 Å². The number of anilines is 4. The minimum absolute atomic E-state index is 0.560. The number of rotatable bonds is 5. The van der Waals surface area contributed by atoms with Gasteiger partial charge in [-0.2, -0.15) is 4.98 Å². The zero-order valence-electron chi connectivity index (χ0n) is 16.4. The van der Waals surface area contributed by atoms with Gasteiger partial charge in [0, 0.05) is 35.7 Å². The van der Waals surface area contributed by atoms with Gasteiger partial charge in [0.1, 0.15) is 5.82 Å². The van der Waals surface area contributed by atoms with Crippen LogP contribution < -0.4 is 19.7 Å². The number of nitrogens with one attached hydrogen (secondary N) is 1. The molecule has 1 aliphatic rings. The quantitative estimate of drug-likeness (QED) is 0.701. The van der Waals surface area contributed by atoms with Crippen LogP contribution in [-0.2, 0) is 6.42 Å². The molecule has 0 unspecified atom stereocenters. The van der Waals surface area contributed by atoms with Crippen LogP contribution in [0.15, 0.2) is 48.5 Å². The van der Waals surface area contributed by atoms with Crippen molar-refractivity contribution in [3.05, 3.63) is 59.8 Å². The van der Waals surface area contributed by atoms with Crippen molar-refractivity contribution in [2.75, 3.05) is 31.0 Å². The summed E-state index contributed by atoms with van der Waals surface area (Å²) in [5.74, 6) is 2.81. The lowest BCUT2D eigenvalue weighted by Crippen LogP contribution is -2.25. The molecule has 0 radical (unpaired) electrons. The minimum atomic E-state index is 0.560. The molecule has 0 atom stereocenters. The van der Waals surface area contributed by atoms with E-state index in [1.54, 1.807) is 14.2 Å². The molecule has 0 fully saturated rings. The number of nitrogens with zero attached hydrogens (tertiary/aromatic N) is 3. The number of fused-ring (bicyclic) bond motifs is 1. The fourth-order valence-electron chi connectivity index (χ4n) is 3.56. The molecule has 1 aliphatic heterocycles. The Morgan fingerprint density at radius 3 is 2.61 bits per heavy atom. The Labute approximate surface area is 165 Å². The summed E-state index contributed by atoms with van der Waals surface area (Å²) in [7, 11) is 3.24. The highest BCUT2D eigenvalue weighted by Crippen LogP contribution is 2.34. The molecule has 3 aromatic rings. The maximum absolute atomic E-state index is 5.38. The second-order valence-electron chi connectivity index (χ2n) is 6.77. The fraction of sp³-hybridized carbons (Fsp3) is 0.273. The zero-order valence-corrected chi connectivity index (χ0v) is 16.4. The number of aromatic nitrogens is 2. The van der Waals surface area contributed by atoms with Crippen molar-refractivity contribution in [1.82, 2.24) is 9.97 Å². The number of benzene rings is 2. The maximum Gasteiger partial charge on any atom is 0.229 e. The lowest BCUT2D eigenvalue weighted by atomic mass is 10.0. The molecule has 6 nitrogen and oxygen atoms in total. The molecule has 1 N–H and O–H groups in total. The van der Waals surface area contributed by atoms with E-state index in [2.05, 4.69) is 39.5 Å². The first-order chi connectivity index (χ1) is 13.7. The van der Waals surface area contributed by atoms with E-state index in [0.717, 1.165) is 36.6 Å². The van der Waals surface area contributed by atoms with Crippen LogP contribution in [0.1, 0.15) is 17.7 Å². The Kier molecular flexibility index (Phi) is 5.02. The van der Waals surface area contributed by atoms with Crippen molar-refractivity contribution in [2.45, 2.75) is 19.8 Å². The van der Waals surface area contributed by atoms with Crippen LogP contribution >= 0.6 is 0 Å². The first-order valence-corrected chi connectivity index (χ1v) is 9.38. The Balaban J connectivity index is 1.66. The van der Waals surface area contributed by atoms with Crippen molar-refractivity contribution in [3.63, 3.8) is 0 Å². The number of aryl methyl sites for hydroxylation is 2. The number of methoxy groups -OCH3 is 2. The molecule has 28 heavy (non-hydrogen) atoms. The van der Waals surface area contributed by atoms with Gasteiger partial charge in [0.05, 0.1) is 14.2 Å². The topological polar surface area (TPSA) is 59.5 Å². The van der Waals surface area contributed by atoms with E-state index in [1.807, 2.05) is 31.2 Å². The third-order valence-electron chi connectivity index (χ3n) is 4.87. The molecular formula is C22H24N4O2. The molecule has 0 spiro atoms. The number of hydrogen-bond donors (Lipinski definition) is 1. The third kappa shape index (κ3) is 3.58. The largest absolute Gasteiger partial charge is 0.493 e. The highest BCUT2D eigenvalue weighted by molar-refractivity contribution is 5.67. The molecule has 0 aliphatic carbocycles. The summed E-state index contributed by atoms with van der Waals surface area (Å²) in [5, 5.41) is 3.29. The molecular weight excluding hydrogens is 352 g/mol. The van der Waals surface area contributed by atoms with E-state index in [0.29, 0.717) is 17.4 Å². The highest BCUT2D eigenvalue weighted by atomic mass is 16.5. The molecule has 144 valence electrons. The van der Waals surface area contributed by atoms with E-state index in [4.69, 9.17) is 14.5 Å². The van der Waals surface area contributed by atoms with Gasteiger partial charge in [-0.25, -0.2) is 4.98 Å². The first-order valence-electron chi connectivity index (χ1n) is 9.38. The van der Waals surface area contributed by atoms with Crippen LogP contribution in [0.3, 0.4) is 0 Å². The predicted octanol–water partition coefficient (Wildman–Crippen LogP) is 4.63. The molecule has 0 amide bonds. The summed E-state index contributed by atoms with van der Waals surface area (Å²) in [6.45, 7) is 2.93.